The lowest BCUT2D eigenvalue weighted by Crippen LogP contribution is -2.19. The normalized spacial score (nSPS) is 13.2. The molecule has 1 heterocycles. The molecule has 0 aliphatic heterocycles. The van der Waals surface area contributed by atoms with Crippen molar-refractivity contribution in [2.24, 2.45) is 12.8 Å². The van der Waals surface area contributed by atoms with Crippen LogP contribution >= 0.6 is 11.6 Å². The Morgan fingerprint density at radius 1 is 1.64 bits per heavy atom. The molecule has 80 valence electrons. The summed E-state index contributed by atoms with van der Waals surface area (Å²) in [6.45, 7) is 1.98. The van der Waals surface area contributed by atoms with Crippen molar-refractivity contribution in [2.75, 3.05) is 6.54 Å². The van der Waals surface area contributed by atoms with E-state index in [1.54, 1.807) is 11.7 Å². The Balaban J connectivity index is 2.90. The fourth-order valence-corrected chi connectivity index (χ4v) is 1.71. The summed E-state index contributed by atoms with van der Waals surface area (Å²) in [6, 6.07) is 0. The Morgan fingerprint density at radius 3 is 2.71 bits per heavy atom. The number of hydrogen-bond donors (Lipinski definition) is 1. The first kappa shape index (κ1) is 11.5. The van der Waals surface area contributed by atoms with Crippen LogP contribution in [0.3, 0.4) is 0 Å². The first-order valence-electron chi connectivity index (χ1n) is 4.64. The van der Waals surface area contributed by atoms with Gasteiger partial charge in [0.1, 0.15) is 6.17 Å². The van der Waals surface area contributed by atoms with E-state index in [1.807, 2.05) is 6.92 Å². The van der Waals surface area contributed by atoms with E-state index < -0.39 is 6.17 Å². The average molecular weight is 220 g/mol. The molecule has 5 heteroatoms. The summed E-state index contributed by atoms with van der Waals surface area (Å²) in [6.07, 6.45) is -0.0574. The third kappa shape index (κ3) is 2.25. The van der Waals surface area contributed by atoms with Gasteiger partial charge in [-0.25, -0.2) is 4.39 Å². The number of aromatic nitrogens is 2. The van der Waals surface area contributed by atoms with Crippen LogP contribution in [0.15, 0.2) is 0 Å². The Labute approximate surface area is 88.0 Å². The molecule has 1 atom stereocenters. The molecule has 14 heavy (non-hydrogen) atoms. The summed E-state index contributed by atoms with van der Waals surface area (Å²) in [5.74, 6) is 0. The molecular weight excluding hydrogens is 205 g/mol. The van der Waals surface area contributed by atoms with Crippen LogP contribution in [0.25, 0.3) is 0 Å². The first-order chi connectivity index (χ1) is 6.60. The molecule has 0 saturated heterocycles. The van der Waals surface area contributed by atoms with Crippen LogP contribution in [0.5, 0.6) is 0 Å². The molecule has 2 N–H and O–H groups in total. The molecule has 3 nitrogen and oxygen atoms in total. The first-order valence-corrected chi connectivity index (χ1v) is 5.02. The predicted octanol–water partition coefficient (Wildman–Crippen LogP) is 1.48. The SMILES string of the molecule is CCc1nn(C)c(CC(F)CN)c1Cl. The molecule has 0 aromatic carbocycles. The van der Waals surface area contributed by atoms with Crippen molar-refractivity contribution < 1.29 is 4.39 Å². The second-order valence-corrected chi connectivity index (χ2v) is 3.60. The third-order valence-electron chi connectivity index (χ3n) is 2.17. The Bertz CT molecular complexity index is 311. The van der Waals surface area contributed by atoms with Crippen LogP contribution in [0.4, 0.5) is 4.39 Å². The minimum absolute atomic E-state index is 0.0168. The predicted molar refractivity (Wildman–Crippen MR) is 55.3 cm³/mol. The van der Waals surface area contributed by atoms with Crippen molar-refractivity contribution in [1.82, 2.24) is 9.78 Å². The van der Waals surface area contributed by atoms with E-state index in [2.05, 4.69) is 5.10 Å². The van der Waals surface area contributed by atoms with Crippen LogP contribution in [-0.4, -0.2) is 22.5 Å². The van der Waals surface area contributed by atoms with Crippen molar-refractivity contribution in [3.63, 3.8) is 0 Å². The fraction of sp³-hybridized carbons (Fsp3) is 0.667. The summed E-state index contributed by atoms with van der Waals surface area (Å²) in [7, 11) is 1.77. The highest BCUT2D eigenvalue weighted by Gasteiger charge is 2.16. The van der Waals surface area contributed by atoms with Crippen molar-refractivity contribution in [1.29, 1.82) is 0 Å². The molecule has 1 aromatic heterocycles. The van der Waals surface area contributed by atoms with E-state index in [4.69, 9.17) is 17.3 Å². The lowest BCUT2D eigenvalue weighted by Gasteiger charge is -2.05. The van der Waals surface area contributed by atoms with Crippen LogP contribution < -0.4 is 5.73 Å². The van der Waals surface area contributed by atoms with Crippen molar-refractivity contribution in [3.8, 4) is 0 Å². The molecule has 0 spiro atoms. The lowest BCUT2D eigenvalue weighted by molar-refractivity contribution is 0.334. The van der Waals surface area contributed by atoms with Gasteiger partial charge in [0.25, 0.3) is 0 Å². The fourth-order valence-electron chi connectivity index (χ4n) is 1.33. The zero-order valence-corrected chi connectivity index (χ0v) is 9.18. The highest BCUT2D eigenvalue weighted by atomic mass is 35.5. The van der Waals surface area contributed by atoms with Gasteiger partial charge in [-0.05, 0) is 6.42 Å². The van der Waals surface area contributed by atoms with Gasteiger partial charge in [-0.15, -0.1) is 0 Å². The highest BCUT2D eigenvalue weighted by Crippen LogP contribution is 2.22. The van der Waals surface area contributed by atoms with Crippen LogP contribution in [0.1, 0.15) is 18.3 Å². The number of nitrogens with zero attached hydrogens (tertiary/aromatic N) is 2. The van der Waals surface area contributed by atoms with E-state index in [9.17, 15) is 4.39 Å². The number of rotatable bonds is 4. The smallest absolute Gasteiger partial charge is 0.118 e. The van der Waals surface area contributed by atoms with Gasteiger partial charge in [0.05, 0.1) is 16.4 Å². The van der Waals surface area contributed by atoms with Gasteiger partial charge in [0, 0.05) is 20.0 Å². The molecule has 1 unspecified atom stereocenters. The maximum absolute atomic E-state index is 13.1. The van der Waals surface area contributed by atoms with Crippen molar-refractivity contribution in [2.45, 2.75) is 25.9 Å². The van der Waals surface area contributed by atoms with Crippen LogP contribution in [0, 0.1) is 0 Å². The molecule has 0 amide bonds. The number of alkyl halides is 1. The molecule has 0 aliphatic carbocycles. The molecule has 1 rings (SSSR count). The maximum atomic E-state index is 13.1. The number of halogens is 2. The summed E-state index contributed by atoms with van der Waals surface area (Å²) in [5, 5.41) is 4.77. The average Bonchev–Trinajstić information content (AvgIpc) is 2.44. The highest BCUT2D eigenvalue weighted by molar-refractivity contribution is 6.31. The number of nitrogens with two attached hydrogens (primary N) is 1. The summed E-state index contributed by atoms with van der Waals surface area (Å²) < 4.78 is 14.7. The summed E-state index contributed by atoms with van der Waals surface area (Å²) >= 11 is 6.04. The third-order valence-corrected chi connectivity index (χ3v) is 2.61. The standard InChI is InChI=1S/C9H15ClFN3/c1-3-7-9(10)8(14(2)13-7)4-6(11)5-12/h6H,3-5,12H2,1-2H3. The van der Waals surface area contributed by atoms with E-state index in [1.165, 1.54) is 0 Å². The molecular formula is C9H15ClFN3. The van der Waals surface area contributed by atoms with Crippen LogP contribution in [0.2, 0.25) is 5.02 Å². The van der Waals surface area contributed by atoms with E-state index in [0.29, 0.717) is 5.02 Å². The van der Waals surface area contributed by atoms with Gasteiger partial charge in [-0.1, -0.05) is 18.5 Å². The molecule has 0 bridgehead atoms. The van der Waals surface area contributed by atoms with Gasteiger partial charge in [-0.2, -0.15) is 5.10 Å². The summed E-state index contributed by atoms with van der Waals surface area (Å²) in [5.41, 5.74) is 6.75. The van der Waals surface area contributed by atoms with Gasteiger partial charge in [0.2, 0.25) is 0 Å². The zero-order chi connectivity index (χ0) is 10.7. The van der Waals surface area contributed by atoms with Gasteiger partial charge in [0.15, 0.2) is 0 Å². The summed E-state index contributed by atoms with van der Waals surface area (Å²) in [4.78, 5) is 0. The van der Waals surface area contributed by atoms with Crippen molar-refractivity contribution in [3.05, 3.63) is 16.4 Å². The molecule has 1 aromatic rings. The molecule has 0 saturated carbocycles. The zero-order valence-electron chi connectivity index (χ0n) is 8.43. The quantitative estimate of drug-likeness (QED) is 0.834. The monoisotopic (exact) mass is 219 g/mol. The van der Waals surface area contributed by atoms with Gasteiger partial charge in [-0.3, -0.25) is 4.68 Å². The molecule has 0 aliphatic rings. The van der Waals surface area contributed by atoms with Crippen LogP contribution in [-0.2, 0) is 19.9 Å². The van der Waals surface area contributed by atoms with Gasteiger partial charge >= 0.3 is 0 Å². The Kier molecular flexibility index (Phi) is 3.89. The Morgan fingerprint density at radius 2 is 2.29 bits per heavy atom. The molecule has 0 radical (unpaired) electrons. The molecule has 0 fully saturated rings. The minimum atomic E-state index is -1.05. The van der Waals surface area contributed by atoms with E-state index in [-0.39, 0.29) is 13.0 Å². The van der Waals surface area contributed by atoms with Gasteiger partial charge < -0.3 is 5.73 Å². The minimum Gasteiger partial charge on any atom is -0.328 e. The second-order valence-electron chi connectivity index (χ2n) is 3.22. The van der Waals surface area contributed by atoms with E-state index in [0.717, 1.165) is 17.8 Å². The van der Waals surface area contributed by atoms with Crippen molar-refractivity contribution >= 4 is 11.6 Å². The van der Waals surface area contributed by atoms with E-state index >= 15 is 0 Å². The Hall–Kier alpha value is -0.610. The number of aryl methyl sites for hydroxylation is 2. The topological polar surface area (TPSA) is 43.8 Å². The number of hydrogen-bond acceptors (Lipinski definition) is 2. The second kappa shape index (κ2) is 4.75. The maximum Gasteiger partial charge on any atom is 0.118 e. The lowest BCUT2D eigenvalue weighted by atomic mass is 10.2. The largest absolute Gasteiger partial charge is 0.328 e.